The SMILES string of the molecule is Cn1c(=O)c2cc(NC(=O)Cc3ccccc3F)ccc2n1Cc1ccc(Cl)cc1. The van der Waals surface area contributed by atoms with Crippen molar-refractivity contribution in [1.82, 2.24) is 9.36 Å². The summed E-state index contributed by atoms with van der Waals surface area (Å²) in [5.41, 5.74) is 2.41. The summed E-state index contributed by atoms with van der Waals surface area (Å²) in [6.07, 6.45) is -0.0830. The number of hydrogen-bond donors (Lipinski definition) is 1. The Morgan fingerprint density at radius 2 is 1.80 bits per heavy atom. The van der Waals surface area contributed by atoms with Crippen molar-refractivity contribution in [2.75, 3.05) is 5.32 Å². The van der Waals surface area contributed by atoms with Crippen LogP contribution in [-0.4, -0.2) is 15.3 Å². The molecule has 152 valence electrons. The normalized spacial score (nSPS) is 11.0. The maximum atomic E-state index is 13.8. The third-order valence-corrected chi connectivity index (χ3v) is 5.25. The minimum atomic E-state index is -0.420. The van der Waals surface area contributed by atoms with E-state index >= 15 is 0 Å². The molecule has 4 rings (SSSR count). The van der Waals surface area contributed by atoms with Gasteiger partial charge in [-0.05, 0) is 47.5 Å². The van der Waals surface area contributed by atoms with Crippen LogP contribution in [0.15, 0.2) is 71.5 Å². The lowest BCUT2D eigenvalue weighted by molar-refractivity contribution is -0.115. The third kappa shape index (κ3) is 4.00. The number of halogens is 2. The Bertz CT molecular complexity index is 1290. The molecule has 7 heteroatoms. The molecule has 0 saturated carbocycles. The van der Waals surface area contributed by atoms with E-state index in [0.717, 1.165) is 11.1 Å². The van der Waals surface area contributed by atoms with E-state index in [-0.39, 0.29) is 17.9 Å². The molecule has 3 aromatic carbocycles. The molecule has 0 bridgehead atoms. The number of rotatable bonds is 5. The standard InChI is InChI=1S/C23H19ClFN3O2/c1-27-23(30)19-13-18(26-22(29)12-16-4-2-3-5-20(16)25)10-11-21(19)28(27)14-15-6-8-17(24)9-7-15/h2-11,13H,12,14H2,1H3,(H,26,29). The summed E-state index contributed by atoms with van der Waals surface area (Å²) in [5, 5.41) is 3.89. The smallest absolute Gasteiger partial charge is 0.274 e. The summed E-state index contributed by atoms with van der Waals surface area (Å²) in [5.74, 6) is -0.770. The number of nitrogens with one attached hydrogen (secondary N) is 1. The van der Waals surface area contributed by atoms with Crippen molar-refractivity contribution in [2.24, 2.45) is 7.05 Å². The summed E-state index contributed by atoms with van der Waals surface area (Å²) in [6, 6.07) is 18.8. The maximum absolute atomic E-state index is 13.8. The molecule has 0 spiro atoms. The summed E-state index contributed by atoms with van der Waals surface area (Å²) < 4.78 is 17.2. The molecule has 0 aliphatic rings. The number of hydrogen-bond acceptors (Lipinski definition) is 2. The van der Waals surface area contributed by atoms with Crippen LogP contribution in [0, 0.1) is 5.82 Å². The Balaban J connectivity index is 1.59. The van der Waals surface area contributed by atoms with Gasteiger partial charge in [0.15, 0.2) is 0 Å². The number of fused-ring (bicyclic) bond motifs is 1. The van der Waals surface area contributed by atoms with E-state index in [1.807, 2.05) is 28.9 Å². The first-order valence-electron chi connectivity index (χ1n) is 9.39. The molecule has 5 nitrogen and oxygen atoms in total. The second kappa shape index (κ2) is 8.16. The van der Waals surface area contributed by atoms with Crippen molar-refractivity contribution < 1.29 is 9.18 Å². The molecule has 1 amide bonds. The minimum Gasteiger partial charge on any atom is -0.326 e. The topological polar surface area (TPSA) is 56.0 Å². The van der Waals surface area contributed by atoms with E-state index in [2.05, 4.69) is 5.32 Å². The monoisotopic (exact) mass is 423 g/mol. The highest BCUT2D eigenvalue weighted by molar-refractivity contribution is 6.30. The molecule has 1 N–H and O–H groups in total. The van der Waals surface area contributed by atoms with Gasteiger partial charge in [0.05, 0.1) is 23.9 Å². The van der Waals surface area contributed by atoms with Gasteiger partial charge in [-0.25, -0.2) is 4.39 Å². The fraction of sp³-hybridized carbons (Fsp3) is 0.130. The van der Waals surface area contributed by atoms with E-state index in [1.54, 1.807) is 48.1 Å². The molecule has 0 unspecified atom stereocenters. The first kappa shape index (κ1) is 19.9. The highest BCUT2D eigenvalue weighted by atomic mass is 35.5. The fourth-order valence-electron chi connectivity index (χ4n) is 3.43. The van der Waals surface area contributed by atoms with Crippen LogP contribution in [0.3, 0.4) is 0 Å². The van der Waals surface area contributed by atoms with Crippen molar-refractivity contribution in [3.63, 3.8) is 0 Å². The van der Waals surface area contributed by atoms with Crippen LogP contribution in [0.4, 0.5) is 10.1 Å². The Labute approximate surface area is 177 Å². The van der Waals surface area contributed by atoms with Crippen LogP contribution >= 0.6 is 11.6 Å². The largest absolute Gasteiger partial charge is 0.326 e. The minimum absolute atomic E-state index is 0.0830. The number of carbonyl (C=O) groups is 1. The summed E-state index contributed by atoms with van der Waals surface area (Å²) in [4.78, 5) is 25.0. The molecule has 0 saturated heterocycles. The van der Waals surface area contributed by atoms with Crippen LogP contribution in [0.25, 0.3) is 10.9 Å². The van der Waals surface area contributed by atoms with Crippen molar-refractivity contribution in [1.29, 1.82) is 0 Å². The van der Waals surface area contributed by atoms with Gasteiger partial charge in [-0.15, -0.1) is 0 Å². The van der Waals surface area contributed by atoms with Gasteiger partial charge in [-0.3, -0.25) is 19.0 Å². The molecule has 0 aliphatic heterocycles. The van der Waals surface area contributed by atoms with Gasteiger partial charge in [-0.2, -0.15) is 0 Å². The van der Waals surface area contributed by atoms with Gasteiger partial charge < -0.3 is 5.32 Å². The Kier molecular flexibility index (Phi) is 5.42. The predicted octanol–water partition coefficient (Wildman–Crippen LogP) is 4.36. The number of benzene rings is 3. The van der Waals surface area contributed by atoms with Crippen molar-refractivity contribution in [3.05, 3.63) is 99.1 Å². The molecular weight excluding hydrogens is 405 g/mol. The van der Waals surface area contributed by atoms with Gasteiger partial charge in [-0.1, -0.05) is 41.9 Å². The molecular formula is C23H19ClFN3O2. The van der Waals surface area contributed by atoms with Gasteiger partial charge in [0.2, 0.25) is 5.91 Å². The van der Waals surface area contributed by atoms with Gasteiger partial charge >= 0.3 is 0 Å². The zero-order valence-electron chi connectivity index (χ0n) is 16.2. The maximum Gasteiger partial charge on any atom is 0.274 e. The number of aromatic nitrogens is 2. The molecule has 4 aromatic rings. The first-order chi connectivity index (χ1) is 14.4. The van der Waals surface area contributed by atoms with Gasteiger partial charge in [0, 0.05) is 17.8 Å². The van der Waals surface area contributed by atoms with Crippen LogP contribution in [0.1, 0.15) is 11.1 Å². The van der Waals surface area contributed by atoms with E-state index in [9.17, 15) is 14.0 Å². The van der Waals surface area contributed by atoms with Gasteiger partial charge in [0.1, 0.15) is 5.82 Å². The van der Waals surface area contributed by atoms with Crippen LogP contribution in [0.5, 0.6) is 0 Å². The molecule has 0 atom stereocenters. The van der Waals surface area contributed by atoms with E-state index in [0.29, 0.717) is 28.2 Å². The number of carbonyl (C=O) groups excluding carboxylic acids is 1. The highest BCUT2D eigenvalue weighted by Crippen LogP contribution is 2.20. The molecule has 0 aliphatic carbocycles. The molecule has 0 radical (unpaired) electrons. The number of anilines is 1. The average Bonchev–Trinajstić information content (AvgIpc) is 2.96. The number of nitrogens with zero attached hydrogens (tertiary/aromatic N) is 2. The lowest BCUT2D eigenvalue weighted by atomic mass is 10.1. The second-order valence-electron chi connectivity index (χ2n) is 7.06. The lowest BCUT2D eigenvalue weighted by Crippen LogP contribution is -2.19. The van der Waals surface area contributed by atoms with Crippen LogP contribution in [0.2, 0.25) is 5.02 Å². The first-order valence-corrected chi connectivity index (χ1v) is 9.77. The highest BCUT2D eigenvalue weighted by Gasteiger charge is 2.13. The lowest BCUT2D eigenvalue weighted by Gasteiger charge is -2.10. The van der Waals surface area contributed by atoms with E-state index in [1.165, 1.54) is 6.07 Å². The Morgan fingerprint density at radius 3 is 2.53 bits per heavy atom. The second-order valence-corrected chi connectivity index (χ2v) is 7.50. The van der Waals surface area contributed by atoms with Crippen molar-refractivity contribution in [2.45, 2.75) is 13.0 Å². The summed E-state index contributed by atoms with van der Waals surface area (Å²) in [6.45, 7) is 0.505. The predicted molar refractivity (Wildman–Crippen MR) is 116 cm³/mol. The third-order valence-electron chi connectivity index (χ3n) is 5.00. The molecule has 0 fully saturated rings. The van der Waals surface area contributed by atoms with E-state index in [4.69, 9.17) is 11.6 Å². The van der Waals surface area contributed by atoms with Crippen molar-refractivity contribution >= 4 is 34.1 Å². The quantitative estimate of drug-likeness (QED) is 0.518. The molecule has 1 heterocycles. The molecule has 1 aromatic heterocycles. The zero-order chi connectivity index (χ0) is 21.3. The Morgan fingerprint density at radius 1 is 1.07 bits per heavy atom. The summed E-state index contributed by atoms with van der Waals surface area (Å²) >= 11 is 5.95. The van der Waals surface area contributed by atoms with Crippen LogP contribution < -0.4 is 10.9 Å². The average molecular weight is 424 g/mol. The number of amides is 1. The van der Waals surface area contributed by atoms with Gasteiger partial charge in [0.25, 0.3) is 5.56 Å². The molecule has 30 heavy (non-hydrogen) atoms. The van der Waals surface area contributed by atoms with Crippen molar-refractivity contribution in [3.8, 4) is 0 Å². The fourth-order valence-corrected chi connectivity index (χ4v) is 3.56. The Hall–Kier alpha value is -3.38. The summed E-state index contributed by atoms with van der Waals surface area (Å²) in [7, 11) is 1.70. The zero-order valence-corrected chi connectivity index (χ0v) is 17.0. The van der Waals surface area contributed by atoms with Crippen LogP contribution in [-0.2, 0) is 24.8 Å². The van der Waals surface area contributed by atoms with E-state index < -0.39 is 5.82 Å².